The Bertz CT molecular complexity index is 797. The number of unbranched alkanes of at least 4 members (excludes halogenated alkanes) is 25. The van der Waals surface area contributed by atoms with Crippen LogP contribution in [0.4, 0.5) is 0 Å². The number of ether oxygens (including phenoxy) is 2. The number of phosphoric acid groups is 1. The van der Waals surface area contributed by atoms with Gasteiger partial charge < -0.3 is 19.3 Å². The molecule has 0 heterocycles. The zero-order valence-electron chi connectivity index (χ0n) is 31.2. The van der Waals surface area contributed by atoms with Crippen LogP contribution in [0.2, 0.25) is 0 Å². The van der Waals surface area contributed by atoms with E-state index in [4.69, 9.17) is 19.3 Å². The van der Waals surface area contributed by atoms with E-state index in [1.54, 1.807) is 0 Å². The number of phosphoric ester groups is 1. The van der Waals surface area contributed by atoms with Crippen LogP contribution in [0.25, 0.3) is 0 Å². The second-order valence-corrected chi connectivity index (χ2v) is 14.9. The molecule has 0 aromatic carbocycles. The number of rotatable bonds is 37. The van der Waals surface area contributed by atoms with Gasteiger partial charge in [-0.3, -0.25) is 14.1 Å². The molecule has 0 aromatic heterocycles. The van der Waals surface area contributed by atoms with Crippen molar-refractivity contribution < 1.29 is 37.9 Å². The Hall–Kier alpha value is -1.21. The molecule has 0 aliphatic heterocycles. The molecule has 2 N–H and O–H groups in total. The summed E-state index contributed by atoms with van der Waals surface area (Å²) < 4.78 is 26.3. The van der Waals surface area contributed by atoms with Crippen molar-refractivity contribution >= 4 is 19.8 Å². The average Bonchev–Trinajstić information content (AvgIpc) is 3.05. The number of carbonyl (C=O) groups is 2. The molecule has 48 heavy (non-hydrogen) atoms. The van der Waals surface area contributed by atoms with Crippen molar-refractivity contribution in [2.24, 2.45) is 0 Å². The van der Waals surface area contributed by atoms with Gasteiger partial charge in [0.05, 0.1) is 6.61 Å². The molecule has 0 unspecified atom stereocenters. The van der Waals surface area contributed by atoms with Gasteiger partial charge in [0, 0.05) is 12.8 Å². The van der Waals surface area contributed by atoms with Crippen molar-refractivity contribution in [2.75, 3.05) is 13.2 Å². The van der Waals surface area contributed by atoms with E-state index in [0.717, 1.165) is 38.5 Å². The number of carbonyl (C=O) groups excluding carboxylic acids is 2. The highest BCUT2D eigenvalue weighted by atomic mass is 31.2. The maximum atomic E-state index is 12.4. The van der Waals surface area contributed by atoms with Gasteiger partial charge in [0.15, 0.2) is 6.10 Å². The first-order valence-corrected chi connectivity index (χ1v) is 21.5. The van der Waals surface area contributed by atoms with Crippen molar-refractivity contribution in [2.45, 2.75) is 213 Å². The second-order valence-electron chi connectivity index (χ2n) is 13.6. The van der Waals surface area contributed by atoms with E-state index in [1.165, 1.54) is 135 Å². The molecular weight excluding hydrogens is 627 g/mol. The largest absolute Gasteiger partial charge is 0.469 e. The normalized spacial score (nSPS) is 12.5. The van der Waals surface area contributed by atoms with Crippen LogP contribution in [0, 0.1) is 0 Å². The summed E-state index contributed by atoms with van der Waals surface area (Å²) in [5, 5.41) is 0. The summed E-state index contributed by atoms with van der Waals surface area (Å²) in [6.07, 6.45) is 37.8. The van der Waals surface area contributed by atoms with Crippen LogP contribution in [-0.4, -0.2) is 41.0 Å². The Labute approximate surface area is 295 Å². The number of hydrogen-bond acceptors (Lipinski definition) is 6. The van der Waals surface area contributed by atoms with Gasteiger partial charge in [0.1, 0.15) is 6.61 Å². The molecule has 0 fully saturated rings. The molecule has 0 aromatic rings. The van der Waals surface area contributed by atoms with Gasteiger partial charge in [-0.05, 0) is 38.5 Å². The van der Waals surface area contributed by atoms with Crippen LogP contribution >= 0.6 is 7.82 Å². The van der Waals surface area contributed by atoms with Gasteiger partial charge >= 0.3 is 19.8 Å². The number of allylic oxidation sites excluding steroid dienone is 2. The van der Waals surface area contributed by atoms with E-state index in [2.05, 4.69) is 30.5 Å². The van der Waals surface area contributed by atoms with Crippen molar-refractivity contribution in [3.63, 3.8) is 0 Å². The Morgan fingerprint density at radius 2 is 0.875 bits per heavy atom. The molecule has 0 saturated carbocycles. The molecule has 284 valence electrons. The first-order chi connectivity index (χ1) is 23.3. The van der Waals surface area contributed by atoms with Crippen LogP contribution in [0.3, 0.4) is 0 Å². The molecule has 0 aliphatic carbocycles. The first-order valence-electron chi connectivity index (χ1n) is 20.0. The van der Waals surface area contributed by atoms with Crippen molar-refractivity contribution in [3.05, 3.63) is 12.2 Å². The predicted octanol–water partition coefficient (Wildman–Crippen LogP) is 11.8. The van der Waals surface area contributed by atoms with Crippen molar-refractivity contribution in [1.82, 2.24) is 0 Å². The summed E-state index contributed by atoms with van der Waals surface area (Å²) in [4.78, 5) is 42.7. The molecule has 1 atom stereocenters. The summed E-state index contributed by atoms with van der Waals surface area (Å²) >= 11 is 0. The smallest absolute Gasteiger partial charge is 0.462 e. The lowest BCUT2D eigenvalue weighted by Gasteiger charge is -2.18. The van der Waals surface area contributed by atoms with Crippen LogP contribution in [0.5, 0.6) is 0 Å². The van der Waals surface area contributed by atoms with E-state index < -0.39 is 32.5 Å². The van der Waals surface area contributed by atoms with Crippen LogP contribution in [-0.2, 0) is 28.2 Å². The molecule has 9 heteroatoms. The van der Waals surface area contributed by atoms with Gasteiger partial charge in [-0.15, -0.1) is 0 Å². The Morgan fingerprint density at radius 3 is 1.29 bits per heavy atom. The summed E-state index contributed by atoms with van der Waals surface area (Å²) in [5.74, 6) is -0.878. The lowest BCUT2D eigenvalue weighted by Crippen LogP contribution is -2.29. The van der Waals surface area contributed by atoms with E-state index in [9.17, 15) is 14.2 Å². The molecule has 0 rings (SSSR count). The maximum absolute atomic E-state index is 12.4. The van der Waals surface area contributed by atoms with Gasteiger partial charge in [-0.1, -0.05) is 167 Å². The maximum Gasteiger partial charge on any atom is 0.469 e. The fourth-order valence-electron chi connectivity index (χ4n) is 5.78. The molecule has 0 amide bonds. The van der Waals surface area contributed by atoms with Crippen LogP contribution in [0.15, 0.2) is 12.2 Å². The van der Waals surface area contributed by atoms with Gasteiger partial charge in [0.2, 0.25) is 0 Å². The molecule has 0 aliphatic rings. The van der Waals surface area contributed by atoms with Gasteiger partial charge in [0.25, 0.3) is 0 Å². The number of hydrogen-bond donors (Lipinski definition) is 2. The molecule has 0 spiro atoms. The summed E-state index contributed by atoms with van der Waals surface area (Å²) in [6, 6.07) is 0. The standard InChI is InChI=1S/C39H75O8P/c1-3-5-7-9-11-13-15-17-18-19-20-22-24-26-28-30-32-34-39(41)47-37(36-46-48(42,43)44)35-45-38(40)33-31-29-27-25-23-21-16-14-12-10-8-6-4-2/h13,15,37H,3-12,14,16-36H2,1-2H3,(H2,42,43,44)/b15-13+/t37-/m1/s1. The van der Waals surface area contributed by atoms with E-state index >= 15 is 0 Å². The molecule has 0 saturated heterocycles. The highest BCUT2D eigenvalue weighted by Crippen LogP contribution is 2.36. The minimum Gasteiger partial charge on any atom is -0.462 e. The summed E-state index contributed by atoms with van der Waals surface area (Å²) in [6.45, 7) is 3.68. The van der Waals surface area contributed by atoms with Crippen LogP contribution < -0.4 is 0 Å². The summed E-state index contributed by atoms with van der Waals surface area (Å²) in [7, 11) is -4.74. The van der Waals surface area contributed by atoms with E-state index in [-0.39, 0.29) is 19.4 Å². The Balaban J connectivity index is 3.91. The van der Waals surface area contributed by atoms with E-state index in [1.807, 2.05) is 0 Å². The summed E-state index contributed by atoms with van der Waals surface area (Å²) in [5.41, 5.74) is 0. The van der Waals surface area contributed by atoms with Crippen LogP contribution in [0.1, 0.15) is 206 Å². The highest BCUT2D eigenvalue weighted by Gasteiger charge is 2.22. The Morgan fingerprint density at radius 1 is 0.521 bits per heavy atom. The fourth-order valence-corrected chi connectivity index (χ4v) is 6.14. The number of esters is 2. The van der Waals surface area contributed by atoms with Gasteiger partial charge in [-0.25, -0.2) is 4.57 Å². The van der Waals surface area contributed by atoms with E-state index in [0.29, 0.717) is 6.42 Å². The minimum atomic E-state index is -4.74. The SMILES string of the molecule is CCCCCC/C=C/CCCCCCCCCCCC(=O)O[C@H](COC(=O)CCCCCCCCCCCCCCC)COP(=O)(O)O. The minimum absolute atomic E-state index is 0.214. The molecular formula is C39H75O8P. The average molecular weight is 703 g/mol. The monoisotopic (exact) mass is 703 g/mol. The van der Waals surface area contributed by atoms with Crippen molar-refractivity contribution in [1.29, 1.82) is 0 Å². The fraction of sp³-hybridized carbons (Fsp3) is 0.897. The third-order valence-corrected chi connectivity index (χ3v) is 9.27. The lowest BCUT2D eigenvalue weighted by atomic mass is 10.0. The molecule has 0 radical (unpaired) electrons. The predicted molar refractivity (Wildman–Crippen MR) is 198 cm³/mol. The third kappa shape index (κ3) is 37.6. The third-order valence-electron chi connectivity index (χ3n) is 8.78. The lowest BCUT2D eigenvalue weighted by molar-refractivity contribution is -0.161. The topological polar surface area (TPSA) is 119 Å². The quantitative estimate of drug-likeness (QED) is 0.0284. The zero-order valence-corrected chi connectivity index (χ0v) is 32.0. The van der Waals surface area contributed by atoms with Gasteiger partial charge in [-0.2, -0.15) is 0 Å². The molecule has 8 nitrogen and oxygen atoms in total. The zero-order chi connectivity index (χ0) is 35.4. The second kappa shape index (κ2) is 35.6. The Kier molecular flexibility index (Phi) is 34.7. The van der Waals surface area contributed by atoms with Crippen molar-refractivity contribution in [3.8, 4) is 0 Å². The molecule has 0 bridgehead atoms. The highest BCUT2D eigenvalue weighted by molar-refractivity contribution is 7.46. The first kappa shape index (κ1) is 46.8.